The van der Waals surface area contributed by atoms with Gasteiger partial charge in [-0.25, -0.2) is 0 Å². The fourth-order valence-corrected chi connectivity index (χ4v) is 2.01. The van der Waals surface area contributed by atoms with E-state index in [0.29, 0.717) is 0 Å². The minimum absolute atomic E-state index is 0.953. The van der Waals surface area contributed by atoms with Crippen molar-refractivity contribution in [2.75, 3.05) is 5.75 Å². The second-order valence-electron chi connectivity index (χ2n) is 3.10. The topological polar surface area (TPSA) is 54.4 Å². The highest BCUT2D eigenvalue weighted by molar-refractivity contribution is 7.99. The van der Waals surface area contributed by atoms with E-state index in [4.69, 9.17) is 13.0 Å². The Kier molecular flexibility index (Phi) is 5.97. The molecule has 1 rings (SSSR count). The Morgan fingerprint density at radius 3 is 1.93 bits per heavy atom. The molecule has 1 N–H and O–H groups in total. The molecular formula is C7H13F3O3S2. The molecule has 3 nitrogen and oxygen atoms in total. The summed E-state index contributed by atoms with van der Waals surface area (Å²) in [6.07, 6.45) is 4.37. The molecule has 1 aliphatic rings. The number of hydrogen-bond donors (Lipinski definition) is 1. The molecule has 15 heavy (non-hydrogen) atoms. The van der Waals surface area contributed by atoms with Gasteiger partial charge >= 0.3 is 15.6 Å². The maximum absolute atomic E-state index is 10.7. The standard InChI is InChI=1S/C6H12S.CHF3O3S/c1-6-4-2-3-5-7-6;2-1(3,4)8(5,6)7/h6H,2-5H2,1H3;(H,5,6,7). The fraction of sp³-hybridized carbons (Fsp3) is 1.00. The molecule has 92 valence electrons. The molecule has 1 fully saturated rings. The van der Waals surface area contributed by atoms with Gasteiger partial charge in [0.2, 0.25) is 0 Å². The van der Waals surface area contributed by atoms with E-state index in [1.807, 2.05) is 0 Å². The summed E-state index contributed by atoms with van der Waals surface area (Å²) in [5.41, 5.74) is -5.53. The molecule has 8 heteroatoms. The van der Waals surface area contributed by atoms with Crippen LogP contribution in [0, 0.1) is 0 Å². The van der Waals surface area contributed by atoms with Crippen LogP contribution in [-0.2, 0) is 10.1 Å². The summed E-state index contributed by atoms with van der Waals surface area (Å²) in [5.74, 6) is 1.40. The first-order valence-electron chi connectivity index (χ1n) is 4.30. The highest BCUT2D eigenvalue weighted by Gasteiger charge is 2.44. The summed E-state index contributed by atoms with van der Waals surface area (Å²) >= 11 is 2.12. The number of thioether (sulfide) groups is 1. The summed E-state index contributed by atoms with van der Waals surface area (Å²) < 4.78 is 57.5. The van der Waals surface area contributed by atoms with E-state index in [2.05, 4.69) is 18.7 Å². The zero-order chi connectivity index (χ0) is 12.1. The molecule has 0 spiro atoms. The third-order valence-corrected chi connectivity index (χ3v) is 3.61. The zero-order valence-electron chi connectivity index (χ0n) is 8.12. The fourth-order valence-electron chi connectivity index (χ4n) is 0.902. The highest BCUT2D eigenvalue weighted by atomic mass is 32.2. The van der Waals surface area contributed by atoms with Gasteiger partial charge < -0.3 is 0 Å². The van der Waals surface area contributed by atoms with E-state index in [-0.39, 0.29) is 0 Å². The van der Waals surface area contributed by atoms with Crippen LogP contribution in [0.4, 0.5) is 13.2 Å². The normalized spacial score (nSPS) is 22.9. The lowest BCUT2D eigenvalue weighted by molar-refractivity contribution is -0.0510. The molecular weight excluding hydrogens is 253 g/mol. The van der Waals surface area contributed by atoms with Crippen LogP contribution in [0.5, 0.6) is 0 Å². The average Bonchev–Trinajstić information content (AvgIpc) is 2.02. The zero-order valence-corrected chi connectivity index (χ0v) is 9.75. The minimum atomic E-state index is -5.84. The Bertz CT molecular complexity index is 268. The molecule has 1 heterocycles. The Morgan fingerprint density at radius 2 is 1.80 bits per heavy atom. The largest absolute Gasteiger partial charge is 0.522 e. The molecule has 0 radical (unpaired) electrons. The van der Waals surface area contributed by atoms with Crippen LogP contribution in [0.1, 0.15) is 26.2 Å². The third-order valence-electron chi connectivity index (χ3n) is 1.70. The van der Waals surface area contributed by atoms with Crippen molar-refractivity contribution in [3.8, 4) is 0 Å². The van der Waals surface area contributed by atoms with E-state index < -0.39 is 15.6 Å². The summed E-state index contributed by atoms with van der Waals surface area (Å²) in [6.45, 7) is 2.32. The number of halogens is 3. The Balaban J connectivity index is 0.000000262. The lowest BCUT2D eigenvalue weighted by Gasteiger charge is -2.15. The van der Waals surface area contributed by atoms with Gasteiger partial charge in [0.15, 0.2) is 0 Å². The van der Waals surface area contributed by atoms with E-state index in [1.54, 1.807) is 0 Å². The first kappa shape index (κ1) is 15.0. The van der Waals surface area contributed by atoms with E-state index in [1.165, 1.54) is 25.0 Å². The van der Waals surface area contributed by atoms with Crippen LogP contribution in [0.25, 0.3) is 0 Å². The molecule has 0 saturated carbocycles. The molecule has 0 aromatic rings. The summed E-state index contributed by atoms with van der Waals surface area (Å²) in [6, 6.07) is 0. The van der Waals surface area contributed by atoms with Crippen molar-refractivity contribution in [2.45, 2.75) is 36.9 Å². The van der Waals surface area contributed by atoms with Crippen molar-refractivity contribution in [2.24, 2.45) is 0 Å². The monoisotopic (exact) mass is 266 g/mol. The molecule has 1 unspecified atom stereocenters. The van der Waals surface area contributed by atoms with Gasteiger partial charge in [0.25, 0.3) is 0 Å². The molecule has 1 saturated heterocycles. The molecule has 0 aromatic heterocycles. The van der Waals surface area contributed by atoms with Crippen molar-refractivity contribution >= 4 is 21.9 Å². The second-order valence-corrected chi connectivity index (χ2v) is 6.06. The number of rotatable bonds is 0. The summed E-state index contributed by atoms with van der Waals surface area (Å²) in [5, 5.41) is 0.953. The molecule has 1 aliphatic heterocycles. The van der Waals surface area contributed by atoms with Crippen LogP contribution in [0.3, 0.4) is 0 Å². The van der Waals surface area contributed by atoms with Crippen LogP contribution in [0.2, 0.25) is 0 Å². The van der Waals surface area contributed by atoms with Crippen molar-refractivity contribution in [3.05, 3.63) is 0 Å². The molecule has 0 aromatic carbocycles. The van der Waals surface area contributed by atoms with Crippen molar-refractivity contribution in [1.82, 2.24) is 0 Å². The van der Waals surface area contributed by atoms with Gasteiger partial charge in [-0.3, -0.25) is 4.55 Å². The second kappa shape index (κ2) is 5.95. The average molecular weight is 266 g/mol. The van der Waals surface area contributed by atoms with Gasteiger partial charge in [0.1, 0.15) is 0 Å². The van der Waals surface area contributed by atoms with E-state index in [0.717, 1.165) is 5.25 Å². The number of alkyl halides is 3. The van der Waals surface area contributed by atoms with Gasteiger partial charge in [-0.2, -0.15) is 33.4 Å². The van der Waals surface area contributed by atoms with E-state index >= 15 is 0 Å². The predicted octanol–water partition coefficient (Wildman–Crippen LogP) is 2.69. The third kappa shape index (κ3) is 7.02. The van der Waals surface area contributed by atoms with Crippen LogP contribution >= 0.6 is 11.8 Å². The van der Waals surface area contributed by atoms with Gasteiger partial charge in [-0.05, 0) is 18.6 Å². The first-order valence-corrected chi connectivity index (χ1v) is 6.79. The highest BCUT2D eigenvalue weighted by Crippen LogP contribution is 2.23. The van der Waals surface area contributed by atoms with Crippen LogP contribution in [0.15, 0.2) is 0 Å². The lowest BCUT2D eigenvalue weighted by Crippen LogP contribution is -2.21. The molecule has 1 atom stereocenters. The summed E-state index contributed by atoms with van der Waals surface area (Å²) in [4.78, 5) is 0. The maximum Gasteiger partial charge on any atom is 0.522 e. The first-order chi connectivity index (χ1) is 6.64. The smallest absolute Gasteiger partial charge is 0.279 e. The Labute approximate surface area is 91.2 Å². The van der Waals surface area contributed by atoms with Crippen molar-refractivity contribution in [1.29, 1.82) is 0 Å². The molecule has 0 amide bonds. The van der Waals surface area contributed by atoms with Gasteiger partial charge in [-0.1, -0.05) is 13.3 Å². The van der Waals surface area contributed by atoms with Gasteiger partial charge in [0, 0.05) is 5.25 Å². The number of hydrogen-bond acceptors (Lipinski definition) is 3. The molecule has 0 bridgehead atoms. The Hall–Kier alpha value is 0.0500. The quantitative estimate of drug-likeness (QED) is 0.541. The van der Waals surface area contributed by atoms with Crippen LogP contribution < -0.4 is 0 Å². The van der Waals surface area contributed by atoms with Crippen LogP contribution in [-0.4, -0.2) is 29.5 Å². The minimum Gasteiger partial charge on any atom is -0.279 e. The predicted molar refractivity (Wildman–Crippen MR) is 53.4 cm³/mol. The van der Waals surface area contributed by atoms with Gasteiger partial charge in [0.05, 0.1) is 0 Å². The molecule has 0 aliphatic carbocycles. The maximum atomic E-state index is 10.7. The summed E-state index contributed by atoms with van der Waals surface area (Å²) in [7, 11) is -5.84. The van der Waals surface area contributed by atoms with Gasteiger partial charge in [-0.15, -0.1) is 0 Å². The van der Waals surface area contributed by atoms with E-state index in [9.17, 15) is 13.2 Å². The van der Waals surface area contributed by atoms with Crippen molar-refractivity contribution in [3.63, 3.8) is 0 Å². The lowest BCUT2D eigenvalue weighted by atomic mass is 10.2. The van der Waals surface area contributed by atoms with Crippen molar-refractivity contribution < 1.29 is 26.1 Å². The Morgan fingerprint density at radius 1 is 1.33 bits per heavy atom. The SMILES string of the molecule is CC1CCCCS1.O=S(=O)(O)C(F)(F)F.